The van der Waals surface area contributed by atoms with Gasteiger partial charge in [0.05, 0.1) is 16.7 Å². The van der Waals surface area contributed by atoms with Gasteiger partial charge in [0.1, 0.15) is 11.6 Å². The van der Waals surface area contributed by atoms with E-state index in [0.717, 1.165) is 13.1 Å². The molecular formula is C11H18Cl2N4O. The Kier molecular flexibility index (Phi) is 6.49. The number of aromatic nitrogens is 1. The van der Waals surface area contributed by atoms with Crippen LogP contribution in [0.5, 0.6) is 0 Å². The van der Waals surface area contributed by atoms with Crippen LogP contribution in [0.15, 0.2) is 6.07 Å². The zero-order chi connectivity index (χ0) is 13.5. The molecule has 0 aliphatic heterocycles. The quantitative estimate of drug-likeness (QED) is 0.804. The molecule has 0 radical (unpaired) electrons. The summed E-state index contributed by atoms with van der Waals surface area (Å²) < 4.78 is 5.00. The van der Waals surface area contributed by atoms with Gasteiger partial charge in [-0.25, -0.2) is 4.98 Å². The number of hydrogen-bond acceptors (Lipinski definition) is 5. The number of likely N-dealkylation sites (N-methyl/N-ethyl adjacent to an activating group) is 1. The van der Waals surface area contributed by atoms with Crippen molar-refractivity contribution < 1.29 is 4.74 Å². The number of halogens is 2. The third-order valence-corrected chi connectivity index (χ3v) is 3.01. The van der Waals surface area contributed by atoms with Gasteiger partial charge in [-0.3, -0.25) is 0 Å². The monoisotopic (exact) mass is 292 g/mol. The van der Waals surface area contributed by atoms with Gasteiger partial charge in [0.25, 0.3) is 0 Å². The standard InChI is InChI=1S/C11H18Cl2N4O/c1-17(5-6-18-2)4-3-15-11-9(13)7-8(12)10(14)16-11/h7H,3-6H2,1-2H3,(H3,14,15,16). The van der Waals surface area contributed by atoms with Crippen molar-refractivity contribution in [3.8, 4) is 0 Å². The molecule has 1 aromatic heterocycles. The lowest BCUT2D eigenvalue weighted by molar-refractivity contribution is 0.163. The summed E-state index contributed by atoms with van der Waals surface area (Å²) in [5.41, 5.74) is 5.62. The number of nitrogens with one attached hydrogen (secondary N) is 1. The van der Waals surface area contributed by atoms with E-state index in [1.54, 1.807) is 13.2 Å². The molecule has 0 aliphatic carbocycles. The topological polar surface area (TPSA) is 63.4 Å². The number of nitrogen functional groups attached to an aromatic ring is 1. The maximum Gasteiger partial charge on any atom is 0.147 e. The highest BCUT2D eigenvalue weighted by Crippen LogP contribution is 2.26. The van der Waals surface area contributed by atoms with Crippen LogP contribution in [-0.2, 0) is 4.74 Å². The largest absolute Gasteiger partial charge is 0.383 e. The molecule has 0 spiro atoms. The summed E-state index contributed by atoms with van der Waals surface area (Å²) in [4.78, 5) is 6.23. The highest BCUT2D eigenvalue weighted by molar-refractivity contribution is 6.37. The molecule has 0 amide bonds. The second kappa shape index (κ2) is 7.63. The lowest BCUT2D eigenvalue weighted by Crippen LogP contribution is -2.28. The molecule has 1 heterocycles. The maximum atomic E-state index is 6.00. The number of ether oxygens (including phenoxy) is 1. The molecule has 7 heteroatoms. The van der Waals surface area contributed by atoms with Crippen LogP contribution in [0.3, 0.4) is 0 Å². The average Bonchev–Trinajstić information content (AvgIpc) is 2.33. The third kappa shape index (κ3) is 4.86. The van der Waals surface area contributed by atoms with Crippen molar-refractivity contribution >= 4 is 34.8 Å². The minimum Gasteiger partial charge on any atom is -0.383 e. The van der Waals surface area contributed by atoms with Gasteiger partial charge in [0.2, 0.25) is 0 Å². The molecule has 3 N–H and O–H groups in total. The fourth-order valence-corrected chi connectivity index (χ4v) is 1.75. The Hall–Kier alpha value is -0.750. The van der Waals surface area contributed by atoms with E-state index in [4.69, 9.17) is 33.7 Å². The number of methoxy groups -OCH3 is 1. The van der Waals surface area contributed by atoms with Crippen molar-refractivity contribution in [1.29, 1.82) is 0 Å². The summed E-state index contributed by atoms with van der Waals surface area (Å²) in [6.45, 7) is 3.16. The molecule has 5 nitrogen and oxygen atoms in total. The molecule has 0 atom stereocenters. The van der Waals surface area contributed by atoms with Gasteiger partial charge in [-0.15, -0.1) is 0 Å². The van der Waals surface area contributed by atoms with E-state index in [2.05, 4.69) is 15.2 Å². The van der Waals surface area contributed by atoms with Gasteiger partial charge in [-0.1, -0.05) is 23.2 Å². The summed E-state index contributed by atoms with van der Waals surface area (Å²) in [5, 5.41) is 3.95. The molecule has 0 fully saturated rings. The summed E-state index contributed by atoms with van der Waals surface area (Å²) in [7, 11) is 3.71. The number of pyridine rings is 1. The second-order valence-corrected chi connectivity index (χ2v) is 4.72. The van der Waals surface area contributed by atoms with Crippen LogP contribution < -0.4 is 11.1 Å². The SMILES string of the molecule is COCCN(C)CCNc1nc(N)c(Cl)cc1Cl. The first kappa shape index (κ1) is 15.3. The van der Waals surface area contributed by atoms with Crippen LogP contribution in [0.25, 0.3) is 0 Å². The zero-order valence-electron chi connectivity index (χ0n) is 10.5. The van der Waals surface area contributed by atoms with Gasteiger partial charge in [-0.2, -0.15) is 0 Å². The van der Waals surface area contributed by atoms with E-state index in [1.807, 2.05) is 7.05 Å². The van der Waals surface area contributed by atoms with Gasteiger partial charge in [0.15, 0.2) is 0 Å². The van der Waals surface area contributed by atoms with Crippen molar-refractivity contribution in [3.63, 3.8) is 0 Å². The Morgan fingerprint density at radius 2 is 2.11 bits per heavy atom. The summed E-state index contributed by atoms with van der Waals surface area (Å²) >= 11 is 11.8. The molecule has 0 saturated heterocycles. The second-order valence-electron chi connectivity index (χ2n) is 3.91. The summed E-state index contributed by atoms with van der Waals surface area (Å²) in [6.07, 6.45) is 0. The van der Waals surface area contributed by atoms with E-state index in [0.29, 0.717) is 29.0 Å². The van der Waals surface area contributed by atoms with Crippen LogP contribution in [0.4, 0.5) is 11.6 Å². The van der Waals surface area contributed by atoms with Crippen LogP contribution >= 0.6 is 23.2 Å². The van der Waals surface area contributed by atoms with Crippen LogP contribution in [0, 0.1) is 0 Å². The summed E-state index contributed by atoms with van der Waals surface area (Å²) in [5.74, 6) is 0.829. The molecule has 0 aliphatic rings. The molecule has 0 unspecified atom stereocenters. The van der Waals surface area contributed by atoms with Gasteiger partial charge in [0, 0.05) is 26.7 Å². The molecule has 0 bridgehead atoms. The Morgan fingerprint density at radius 1 is 1.39 bits per heavy atom. The fraction of sp³-hybridized carbons (Fsp3) is 0.545. The molecule has 0 saturated carbocycles. The molecule has 1 rings (SSSR count). The Balaban J connectivity index is 2.42. The number of anilines is 2. The number of nitrogens with zero attached hydrogens (tertiary/aromatic N) is 2. The molecular weight excluding hydrogens is 275 g/mol. The van der Waals surface area contributed by atoms with E-state index in [1.165, 1.54) is 0 Å². The summed E-state index contributed by atoms with van der Waals surface area (Å²) in [6, 6.07) is 1.59. The van der Waals surface area contributed by atoms with E-state index < -0.39 is 0 Å². The maximum absolute atomic E-state index is 6.00. The Morgan fingerprint density at radius 3 is 2.78 bits per heavy atom. The average molecular weight is 293 g/mol. The van der Waals surface area contributed by atoms with Crippen molar-refractivity contribution in [3.05, 3.63) is 16.1 Å². The first-order valence-corrected chi connectivity index (χ1v) is 6.33. The van der Waals surface area contributed by atoms with E-state index in [-0.39, 0.29) is 5.82 Å². The van der Waals surface area contributed by atoms with Crippen LogP contribution in [0.1, 0.15) is 0 Å². The smallest absolute Gasteiger partial charge is 0.147 e. The van der Waals surface area contributed by atoms with Crippen LogP contribution in [-0.4, -0.2) is 50.3 Å². The lowest BCUT2D eigenvalue weighted by Gasteiger charge is -2.16. The predicted octanol–water partition coefficient (Wildman–Crippen LogP) is 1.96. The van der Waals surface area contributed by atoms with Crippen molar-refractivity contribution in [2.75, 3.05) is 51.4 Å². The van der Waals surface area contributed by atoms with E-state index in [9.17, 15) is 0 Å². The fourth-order valence-electron chi connectivity index (χ4n) is 1.33. The first-order chi connectivity index (χ1) is 8.54. The third-order valence-electron chi connectivity index (χ3n) is 2.42. The molecule has 102 valence electrons. The van der Waals surface area contributed by atoms with Crippen molar-refractivity contribution in [1.82, 2.24) is 9.88 Å². The normalized spacial score (nSPS) is 10.9. The number of hydrogen-bond donors (Lipinski definition) is 2. The lowest BCUT2D eigenvalue weighted by atomic mass is 10.4. The van der Waals surface area contributed by atoms with Crippen molar-refractivity contribution in [2.45, 2.75) is 0 Å². The molecule has 1 aromatic rings. The van der Waals surface area contributed by atoms with Crippen LogP contribution in [0.2, 0.25) is 10.0 Å². The zero-order valence-corrected chi connectivity index (χ0v) is 12.1. The van der Waals surface area contributed by atoms with Gasteiger partial charge < -0.3 is 20.7 Å². The predicted molar refractivity (Wildman–Crippen MR) is 76.5 cm³/mol. The highest BCUT2D eigenvalue weighted by atomic mass is 35.5. The van der Waals surface area contributed by atoms with E-state index >= 15 is 0 Å². The Bertz CT molecular complexity index is 390. The Labute approximate surface area is 117 Å². The minimum absolute atomic E-state index is 0.274. The minimum atomic E-state index is 0.274. The number of rotatable bonds is 7. The highest BCUT2D eigenvalue weighted by Gasteiger charge is 2.06. The first-order valence-electron chi connectivity index (χ1n) is 5.57. The van der Waals surface area contributed by atoms with Gasteiger partial charge >= 0.3 is 0 Å². The van der Waals surface area contributed by atoms with Gasteiger partial charge in [-0.05, 0) is 13.1 Å². The number of nitrogens with two attached hydrogens (primary N) is 1. The molecule has 0 aromatic carbocycles. The molecule has 18 heavy (non-hydrogen) atoms. The van der Waals surface area contributed by atoms with Crippen molar-refractivity contribution in [2.24, 2.45) is 0 Å².